The second-order valence-electron chi connectivity index (χ2n) is 10.7. The lowest BCUT2D eigenvalue weighted by Crippen LogP contribution is -2.10. The van der Waals surface area contributed by atoms with E-state index in [0.717, 1.165) is 73.4 Å². The average molecular weight is 571 g/mol. The third-order valence-electron chi connectivity index (χ3n) is 7.75. The summed E-state index contributed by atoms with van der Waals surface area (Å²) in [6.45, 7) is 2.10. The first-order valence-electron chi connectivity index (χ1n) is 14.6. The summed E-state index contributed by atoms with van der Waals surface area (Å²) in [7, 11) is 1.67. The van der Waals surface area contributed by atoms with Crippen molar-refractivity contribution in [3.05, 3.63) is 173 Å². The quantitative estimate of drug-likeness (QED) is 0.200. The summed E-state index contributed by atoms with van der Waals surface area (Å²) in [5.41, 5.74) is 11.0. The molecule has 0 spiro atoms. The molecule has 1 aliphatic heterocycles. The minimum absolute atomic E-state index is 0.755. The molecule has 6 aromatic rings. The van der Waals surface area contributed by atoms with Crippen LogP contribution in [0.2, 0.25) is 0 Å². The monoisotopic (exact) mass is 570 g/mol. The van der Waals surface area contributed by atoms with Crippen LogP contribution < -0.4 is 9.47 Å². The fourth-order valence-corrected chi connectivity index (χ4v) is 5.37. The molecule has 1 aliphatic rings. The molecule has 7 rings (SSSR count). The molecule has 1 heterocycles. The number of nitrogens with zero attached hydrogens (tertiary/aromatic N) is 2. The third kappa shape index (κ3) is 5.53. The van der Waals surface area contributed by atoms with Crippen molar-refractivity contribution >= 4 is 22.8 Å². The van der Waals surface area contributed by atoms with Crippen molar-refractivity contribution in [1.82, 2.24) is 0 Å². The molecule has 0 saturated heterocycles. The number of aryl methyl sites for hydroxylation is 1. The average Bonchev–Trinajstić information content (AvgIpc) is 3.07. The number of hydrogen-bond donors (Lipinski definition) is 0. The molecule has 0 unspecified atom stereocenters. The molecule has 4 heteroatoms. The van der Waals surface area contributed by atoms with E-state index in [0.29, 0.717) is 0 Å². The normalized spacial score (nSPS) is 14.5. The predicted octanol–water partition coefficient (Wildman–Crippen LogP) is 10.1. The Bertz CT molecular complexity index is 1990. The molecular weight excluding hydrogens is 540 g/mol. The first kappa shape index (κ1) is 27.1. The van der Waals surface area contributed by atoms with Crippen molar-refractivity contribution in [3.8, 4) is 28.4 Å². The van der Waals surface area contributed by atoms with Crippen LogP contribution in [-0.4, -0.2) is 18.5 Å². The summed E-state index contributed by atoms with van der Waals surface area (Å²) in [6.07, 6.45) is 0. The maximum absolute atomic E-state index is 6.21. The number of hydrogen-bond acceptors (Lipinski definition) is 4. The lowest BCUT2D eigenvalue weighted by molar-refractivity contribution is 0.415. The first-order valence-corrected chi connectivity index (χ1v) is 14.6. The number of ether oxygens (including phenoxy) is 2. The highest BCUT2D eigenvalue weighted by molar-refractivity contribution is 6.22. The Balaban J connectivity index is 1.19. The molecule has 0 saturated carbocycles. The summed E-state index contributed by atoms with van der Waals surface area (Å²) >= 11 is 0. The third-order valence-corrected chi connectivity index (χ3v) is 7.75. The van der Waals surface area contributed by atoms with Gasteiger partial charge in [-0.25, -0.2) is 9.98 Å². The molecule has 0 bridgehead atoms. The second-order valence-corrected chi connectivity index (χ2v) is 10.7. The maximum Gasteiger partial charge on any atom is 0.127 e. The van der Waals surface area contributed by atoms with Crippen LogP contribution in [0.5, 0.6) is 17.2 Å². The van der Waals surface area contributed by atoms with E-state index in [2.05, 4.69) is 91.9 Å². The van der Waals surface area contributed by atoms with Gasteiger partial charge in [-0.2, -0.15) is 0 Å². The van der Waals surface area contributed by atoms with E-state index in [1.807, 2.05) is 60.7 Å². The van der Waals surface area contributed by atoms with Gasteiger partial charge in [-0.05, 0) is 78.7 Å². The number of aliphatic imine (C=N–C) groups is 2. The van der Waals surface area contributed by atoms with Gasteiger partial charge in [0.05, 0.1) is 29.9 Å². The highest BCUT2D eigenvalue weighted by Crippen LogP contribution is 2.34. The van der Waals surface area contributed by atoms with Crippen LogP contribution in [-0.2, 0) is 0 Å². The Morgan fingerprint density at radius 2 is 0.795 bits per heavy atom. The summed E-state index contributed by atoms with van der Waals surface area (Å²) in [5.74, 6) is 2.37. The molecule has 4 nitrogen and oxygen atoms in total. The SMILES string of the molecule is COc1ccc(-c2ccc(Oc3ccc(/C4=N/c5ccccc5/C(c5ccc(C)cc5)=N\c5ccccc54)cc3)cc2)cc1. The molecule has 212 valence electrons. The van der Waals surface area contributed by atoms with Crippen LogP contribution in [0.1, 0.15) is 27.8 Å². The minimum atomic E-state index is 0.755. The van der Waals surface area contributed by atoms with Gasteiger partial charge in [-0.3, -0.25) is 0 Å². The van der Waals surface area contributed by atoms with Gasteiger partial charge in [-0.15, -0.1) is 0 Å². The first-order chi connectivity index (χ1) is 21.6. The summed E-state index contributed by atoms with van der Waals surface area (Å²) < 4.78 is 11.5. The van der Waals surface area contributed by atoms with Crippen LogP contribution in [0.4, 0.5) is 11.4 Å². The largest absolute Gasteiger partial charge is 0.497 e. The molecule has 6 aromatic carbocycles. The van der Waals surface area contributed by atoms with Gasteiger partial charge >= 0.3 is 0 Å². The van der Waals surface area contributed by atoms with E-state index >= 15 is 0 Å². The number of benzene rings is 6. The van der Waals surface area contributed by atoms with Crippen LogP contribution in [0, 0.1) is 6.92 Å². The van der Waals surface area contributed by atoms with Crippen LogP contribution in [0.3, 0.4) is 0 Å². The maximum atomic E-state index is 6.21. The lowest BCUT2D eigenvalue weighted by atomic mass is 9.95. The topological polar surface area (TPSA) is 43.2 Å². The Kier molecular flexibility index (Phi) is 7.31. The van der Waals surface area contributed by atoms with Crippen molar-refractivity contribution < 1.29 is 9.47 Å². The zero-order valence-corrected chi connectivity index (χ0v) is 24.6. The van der Waals surface area contributed by atoms with Gasteiger partial charge in [0, 0.05) is 22.3 Å². The molecule has 0 N–H and O–H groups in total. The molecule has 0 fully saturated rings. The van der Waals surface area contributed by atoms with Crippen molar-refractivity contribution in [1.29, 1.82) is 0 Å². The number of para-hydroxylation sites is 2. The second kappa shape index (κ2) is 11.9. The van der Waals surface area contributed by atoms with E-state index in [1.165, 1.54) is 5.56 Å². The zero-order chi connectivity index (χ0) is 29.9. The van der Waals surface area contributed by atoms with Gasteiger partial charge in [0.2, 0.25) is 0 Å². The highest BCUT2D eigenvalue weighted by Gasteiger charge is 2.20. The molecular formula is C40H30N2O2. The summed E-state index contributed by atoms with van der Waals surface area (Å²) in [4.78, 5) is 10.5. The van der Waals surface area contributed by atoms with E-state index in [4.69, 9.17) is 19.5 Å². The Labute approximate surface area is 257 Å². The highest BCUT2D eigenvalue weighted by atomic mass is 16.5. The smallest absolute Gasteiger partial charge is 0.127 e. The van der Waals surface area contributed by atoms with Gasteiger partial charge in [0.15, 0.2) is 0 Å². The Morgan fingerprint density at radius 1 is 0.409 bits per heavy atom. The van der Waals surface area contributed by atoms with Gasteiger partial charge < -0.3 is 9.47 Å². The summed E-state index contributed by atoms with van der Waals surface area (Å²) in [6, 6.07) is 49.2. The van der Waals surface area contributed by atoms with E-state index in [-0.39, 0.29) is 0 Å². The molecule has 0 radical (unpaired) electrons. The Hall–Kier alpha value is -5.74. The van der Waals surface area contributed by atoms with E-state index in [9.17, 15) is 0 Å². The van der Waals surface area contributed by atoms with Gasteiger partial charge in [-0.1, -0.05) is 90.5 Å². The van der Waals surface area contributed by atoms with Crippen LogP contribution in [0.25, 0.3) is 11.1 Å². The summed E-state index contributed by atoms with van der Waals surface area (Å²) in [5, 5.41) is 0. The number of fused-ring (bicyclic) bond motifs is 2. The molecule has 44 heavy (non-hydrogen) atoms. The van der Waals surface area contributed by atoms with E-state index < -0.39 is 0 Å². The predicted molar refractivity (Wildman–Crippen MR) is 180 cm³/mol. The van der Waals surface area contributed by atoms with Crippen molar-refractivity contribution in [2.45, 2.75) is 6.92 Å². The fourth-order valence-electron chi connectivity index (χ4n) is 5.37. The van der Waals surface area contributed by atoms with Gasteiger partial charge in [0.25, 0.3) is 0 Å². The molecule has 0 aliphatic carbocycles. The number of methoxy groups -OCH3 is 1. The van der Waals surface area contributed by atoms with Crippen molar-refractivity contribution in [2.75, 3.05) is 7.11 Å². The van der Waals surface area contributed by atoms with E-state index in [1.54, 1.807) is 7.11 Å². The minimum Gasteiger partial charge on any atom is -0.497 e. The van der Waals surface area contributed by atoms with Crippen molar-refractivity contribution in [3.63, 3.8) is 0 Å². The van der Waals surface area contributed by atoms with Crippen LogP contribution in [0.15, 0.2) is 156 Å². The molecule has 0 atom stereocenters. The van der Waals surface area contributed by atoms with Crippen molar-refractivity contribution in [2.24, 2.45) is 9.98 Å². The Morgan fingerprint density at radius 3 is 1.25 bits per heavy atom. The molecule has 0 amide bonds. The zero-order valence-electron chi connectivity index (χ0n) is 24.6. The lowest BCUT2D eigenvalue weighted by Gasteiger charge is -2.18. The van der Waals surface area contributed by atoms with Crippen LogP contribution >= 0.6 is 0 Å². The number of rotatable bonds is 6. The van der Waals surface area contributed by atoms with Gasteiger partial charge in [0.1, 0.15) is 17.2 Å². The fraction of sp³-hybridized carbons (Fsp3) is 0.0500. The standard InChI is InChI=1S/C40H30N2O2/c1-27-11-13-30(14-12-27)39-35-7-3-5-9-37(35)42-40(36-8-4-6-10-38(36)41-39)31-19-25-34(26-20-31)44-33-23-17-29(18-24-33)28-15-21-32(43-2)22-16-28/h3-26H,1-2H3/b39-35?,40-36?,41-38?,41-39-,42-37?,42-40-. The molecule has 0 aromatic heterocycles.